The summed E-state index contributed by atoms with van der Waals surface area (Å²) in [5.41, 5.74) is 2.11. The van der Waals surface area contributed by atoms with E-state index in [4.69, 9.17) is 5.26 Å². The Labute approximate surface area is 117 Å². The lowest BCUT2D eigenvalue weighted by Crippen LogP contribution is -2.24. The first-order valence-corrected chi connectivity index (χ1v) is 6.41. The molecule has 0 amide bonds. The minimum absolute atomic E-state index is 0.153. The van der Waals surface area contributed by atoms with Crippen molar-refractivity contribution in [1.82, 2.24) is 9.78 Å². The van der Waals surface area contributed by atoms with E-state index in [9.17, 15) is 4.79 Å². The van der Waals surface area contributed by atoms with Crippen LogP contribution in [0.25, 0.3) is 0 Å². The van der Waals surface area contributed by atoms with Crippen molar-refractivity contribution in [3.63, 3.8) is 0 Å². The van der Waals surface area contributed by atoms with Gasteiger partial charge in [0, 0.05) is 12.1 Å². The Morgan fingerprint density at radius 1 is 1.35 bits per heavy atom. The van der Waals surface area contributed by atoms with E-state index in [2.05, 4.69) is 16.5 Å². The average molecular weight is 268 g/mol. The summed E-state index contributed by atoms with van der Waals surface area (Å²) < 4.78 is 1.40. The Morgan fingerprint density at radius 2 is 2.05 bits per heavy atom. The molecule has 0 radical (unpaired) electrons. The number of hydrogen-bond donors (Lipinski definition) is 1. The van der Waals surface area contributed by atoms with Gasteiger partial charge in [0.05, 0.1) is 30.1 Å². The molecule has 0 aliphatic carbocycles. The Kier molecular flexibility index (Phi) is 4.16. The third-order valence-corrected chi connectivity index (χ3v) is 2.74. The summed E-state index contributed by atoms with van der Waals surface area (Å²) in [5.74, 6) is 0. The molecule has 20 heavy (non-hydrogen) atoms. The van der Waals surface area contributed by atoms with Crippen molar-refractivity contribution in [3.8, 4) is 6.07 Å². The maximum atomic E-state index is 12.0. The van der Waals surface area contributed by atoms with Gasteiger partial charge in [-0.3, -0.25) is 4.79 Å². The lowest BCUT2D eigenvalue weighted by molar-refractivity contribution is 0.639. The zero-order valence-corrected chi connectivity index (χ0v) is 11.5. The smallest absolute Gasteiger partial charge is 0.269 e. The van der Waals surface area contributed by atoms with Crippen molar-refractivity contribution < 1.29 is 0 Å². The lowest BCUT2D eigenvalue weighted by Gasteiger charge is -2.10. The molecule has 0 bridgehead atoms. The number of nitrogens with zero attached hydrogens (tertiary/aromatic N) is 3. The molecule has 0 spiro atoms. The normalized spacial score (nSPS) is 10.3. The van der Waals surface area contributed by atoms with Crippen LogP contribution in [0.15, 0.2) is 41.3 Å². The van der Waals surface area contributed by atoms with Gasteiger partial charge in [-0.2, -0.15) is 10.4 Å². The van der Waals surface area contributed by atoms with Gasteiger partial charge in [0.1, 0.15) is 0 Å². The molecule has 0 saturated carbocycles. The molecule has 0 aliphatic heterocycles. The second-order valence-corrected chi connectivity index (χ2v) is 4.85. The number of benzene rings is 1. The van der Waals surface area contributed by atoms with Crippen LogP contribution in [-0.4, -0.2) is 15.8 Å². The van der Waals surface area contributed by atoms with Crippen LogP contribution in [0, 0.1) is 11.3 Å². The maximum Gasteiger partial charge on any atom is 0.269 e. The summed E-state index contributed by atoms with van der Waals surface area (Å²) in [6.45, 7) is 4.40. The predicted molar refractivity (Wildman–Crippen MR) is 77.5 cm³/mol. The minimum atomic E-state index is -0.153. The van der Waals surface area contributed by atoms with Gasteiger partial charge >= 0.3 is 0 Å². The third-order valence-electron chi connectivity index (χ3n) is 2.74. The van der Waals surface area contributed by atoms with Crippen LogP contribution < -0.4 is 10.9 Å². The molecular weight excluding hydrogens is 252 g/mol. The Balaban J connectivity index is 2.17. The van der Waals surface area contributed by atoms with Crippen molar-refractivity contribution in [2.24, 2.45) is 0 Å². The molecule has 1 N–H and O–H groups in total. The summed E-state index contributed by atoms with van der Waals surface area (Å²) in [4.78, 5) is 12.0. The molecular formula is C15H16N4O. The highest BCUT2D eigenvalue weighted by Crippen LogP contribution is 2.06. The van der Waals surface area contributed by atoms with Gasteiger partial charge in [0.25, 0.3) is 5.56 Å². The molecule has 0 fully saturated rings. The molecule has 0 unspecified atom stereocenters. The molecule has 102 valence electrons. The van der Waals surface area contributed by atoms with Crippen LogP contribution in [0.5, 0.6) is 0 Å². The van der Waals surface area contributed by atoms with E-state index in [1.165, 1.54) is 10.7 Å². The van der Waals surface area contributed by atoms with E-state index in [1.54, 1.807) is 18.3 Å². The van der Waals surface area contributed by atoms with Crippen LogP contribution in [0.1, 0.15) is 25.0 Å². The molecule has 0 saturated heterocycles. The van der Waals surface area contributed by atoms with E-state index < -0.39 is 0 Å². The number of aromatic nitrogens is 2. The topological polar surface area (TPSA) is 70.7 Å². The van der Waals surface area contributed by atoms with E-state index in [0.717, 1.165) is 11.3 Å². The Morgan fingerprint density at radius 3 is 2.60 bits per heavy atom. The molecule has 0 aliphatic rings. The van der Waals surface area contributed by atoms with Crippen LogP contribution in [0.2, 0.25) is 0 Å². The van der Waals surface area contributed by atoms with Crippen LogP contribution in [-0.2, 0) is 6.54 Å². The van der Waals surface area contributed by atoms with Gasteiger partial charge < -0.3 is 5.32 Å². The van der Waals surface area contributed by atoms with E-state index in [-0.39, 0.29) is 11.6 Å². The van der Waals surface area contributed by atoms with Gasteiger partial charge in [-0.1, -0.05) is 12.1 Å². The summed E-state index contributed by atoms with van der Waals surface area (Å²) >= 11 is 0. The fourth-order valence-electron chi connectivity index (χ4n) is 1.82. The average Bonchev–Trinajstić information content (AvgIpc) is 2.42. The summed E-state index contributed by atoms with van der Waals surface area (Å²) in [5, 5.41) is 16.0. The van der Waals surface area contributed by atoms with Gasteiger partial charge in [-0.05, 0) is 31.5 Å². The third kappa shape index (κ3) is 3.45. The van der Waals surface area contributed by atoms with E-state index >= 15 is 0 Å². The highest BCUT2D eigenvalue weighted by molar-refractivity contribution is 5.39. The first kappa shape index (κ1) is 13.8. The van der Waals surface area contributed by atoms with Crippen LogP contribution in [0.4, 0.5) is 5.69 Å². The molecule has 2 aromatic rings. The second kappa shape index (κ2) is 6.02. The Bertz CT molecular complexity index is 680. The zero-order valence-electron chi connectivity index (χ0n) is 11.5. The van der Waals surface area contributed by atoms with Crippen molar-refractivity contribution >= 4 is 5.69 Å². The first-order valence-electron chi connectivity index (χ1n) is 6.41. The fraction of sp³-hybridized carbons (Fsp3) is 0.267. The van der Waals surface area contributed by atoms with Gasteiger partial charge in [0.2, 0.25) is 0 Å². The summed E-state index contributed by atoms with van der Waals surface area (Å²) in [7, 11) is 0. The van der Waals surface area contributed by atoms with Gasteiger partial charge in [0.15, 0.2) is 0 Å². The number of anilines is 1. The molecule has 1 aromatic heterocycles. The SMILES string of the molecule is CC(C)Nc1cnn(Cc2ccc(C#N)cc2)c(=O)c1. The van der Waals surface area contributed by atoms with Crippen molar-refractivity contribution in [2.45, 2.75) is 26.4 Å². The molecule has 1 heterocycles. The number of nitrogens with one attached hydrogen (secondary N) is 1. The first-order chi connectivity index (χ1) is 9.58. The quantitative estimate of drug-likeness (QED) is 0.920. The van der Waals surface area contributed by atoms with Gasteiger partial charge in [-0.15, -0.1) is 0 Å². The van der Waals surface area contributed by atoms with Crippen LogP contribution >= 0.6 is 0 Å². The minimum Gasteiger partial charge on any atom is -0.381 e. The lowest BCUT2D eigenvalue weighted by atomic mass is 10.1. The molecule has 5 nitrogen and oxygen atoms in total. The summed E-state index contributed by atoms with van der Waals surface area (Å²) in [6.07, 6.45) is 1.64. The number of rotatable bonds is 4. The zero-order chi connectivity index (χ0) is 14.5. The molecule has 2 rings (SSSR count). The standard InChI is InChI=1S/C15H16N4O/c1-11(2)18-14-7-15(20)19(17-9-14)10-13-5-3-12(8-16)4-6-13/h3-7,9,11,18H,10H2,1-2H3. The molecule has 0 atom stereocenters. The van der Waals surface area contributed by atoms with E-state index in [1.807, 2.05) is 26.0 Å². The number of hydrogen-bond acceptors (Lipinski definition) is 4. The van der Waals surface area contributed by atoms with Crippen LogP contribution in [0.3, 0.4) is 0 Å². The van der Waals surface area contributed by atoms with E-state index in [0.29, 0.717) is 12.1 Å². The highest BCUT2D eigenvalue weighted by Gasteiger charge is 2.02. The Hall–Kier alpha value is -2.61. The van der Waals surface area contributed by atoms with Gasteiger partial charge in [-0.25, -0.2) is 4.68 Å². The predicted octanol–water partition coefficient (Wildman–Crippen LogP) is 1.98. The maximum absolute atomic E-state index is 12.0. The number of nitriles is 1. The monoisotopic (exact) mass is 268 g/mol. The highest BCUT2D eigenvalue weighted by atomic mass is 16.1. The van der Waals surface area contributed by atoms with Crippen molar-refractivity contribution in [3.05, 3.63) is 58.0 Å². The fourth-order valence-corrected chi connectivity index (χ4v) is 1.82. The second-order valence-electron chi connectivity index (χ2n) is 4.85. The van der Waals surface area contributed by atoms with Crippen molar-refractivity contribution in [1.29, 1.82) is 5.26 Å². The largest absolute Gasteiger partial charge is 0.381 e. The molecule has 5 heteroatoms. The molecule has 1 aromatic carbocycles. The summed E-state index contributed by atoms with van der Waals surface area (Å²) in [6, 6.07) is 11.0. The van der Waals surface area contributed by atoms with Crippen molar-refractivity contribution in [2.75, 3.05) is 5.32 Å².